The van der Waals surface area contributed by atoms with Gasteiger partial charge in [0.15, 0.2) is 0 Å². The number of nitrogens with zero attached hydrogens (tertiary/aromatic N) is 4. The first-order valence-electron chi connectivity index (χ1n) is 7.58. The first kappa shape index (κ1) is 15.4. The molecule has 6 heteroatoms. The summed E-state index contributed by atoms with van der Waals surface area (Å²) >= 11 is 0. The summed E-state index contributed by atoms with van der Waals surface area (Å²) in [5.41, 5.74) is 1.03. The molecule has 1 aliphatic rings. The molecule has 1 aromatic heterocycles. The van der Waals surface area contributed by atoms with Crippen LogP contribution < -0.4 is 5.32 Å². The lowest BCUT2D eigenvalue weighted by Crippen LogP contribution is -2.38. The number of methoxy groups -OCH3 is 1. The van der Waals surface area contributed by atoms with Gasteiger partial charge in [0.25, 0.3) is 0 Å². The number of hydrogen-bond donors (Lipinski definition) is 1. The summed E-state index contributed by atoms with van der Waals surface area (Å²) < 4.78 is 7.15. The Kier molecular flexibility index (Phi) is 5.94. The molecule has 2 rings (SSSR count). The first-order valence-corrected chi connectivity index (χ1v) is 7.58. The fourth-order valence-electron chi connectivity index (χ4n) is 2.33. The minimum atomic E-state index is 0.435. The minimum Gasteiger partial charge on any atom is -0.383 e. The molecule has 0 amide bonds. The highest BCUT2D eigenvalue weighted by molar-refractivity contribution is 4.94. The Morgan fingerprint density at radius 2 is 2.35 bits per heavy atom. The predicted molar refractivity (Wildman–Crippen MR) is 78.5 cm³/mol. The molecule has 114 valence electrons. The van der Waals surface area contributed by atoms with Gasteiger partial charge in [0.05, 0.1) is 18.8 Å². The van der Waals surface area contributed by atoms with Gasteiger partial charge in [0.1, 0.15) is 0 Å². The van der Waals surface area contributed by atoms with Crippen molar-refractivity contribution in [3.63, 3.8) is 0 Å². The molecule has 0 aliphatic heterocycles. The largest absolute Gasteiger partial charge is 0.383 e. The third-order valence-corrected chi connectivity index (χ3v) is 3.79. The molecular weight excluding hydrogens is 254 g/mol. The Hall–Kier alpha value is -0.980. The van der Waals surface area contributed by atoms with Gasteiger partial charge in [-0.2, -0.15) is 0 Å². The molecule has 1 aliphatic carbocycles. The van der Waals surface area contributed by atoms with Crippen molar-refractivity contribution >= 4 is 0 Å². The van der Waals surface area contributed by atoms with E-state index < -0.39 is 0 Å². The number of likely N-dealkylation sites (N-methyl/N-ethyl adjacent to an activating group) is 1. The summed E-state index contributed by atoms with van der Waals surface area (Å²) in [6.45, 7) is 8.84. The maximum absolute atomic E-state index is 5.22. The first-order chi connectivity index (χ1) is 9.72. The molecule has 6 nitrogen and oxygen atoms in total. The topological polar surface area (TPSA) is 55.2 Å². The zero-order valence-electron chi connectivity index (χ0n) is 12.9. The van der Waals surface area contributed by atoms with Crippen molar-refractivity contribution in [2.24, 2.45) is 0 Å². The van der Waals surface area contributed by atoms with Crippen molar-refractivity contribution in [1.29, 1.82) is 0 Å². The second-order valence-corrected chi connectivity index (χ2v) is 5.56. The highest BCUT2D eigenvalue weighted by Crippen LogP contribution is 2.18. The van der Waals surface area contributed by atoms with E-state index in [2.05, 4.69) is 34.4 Å². The monoisotopic (exact) mass is 281 g/mol. The van der Waals surface area contributed by atoms with E-state index in [4.69, 9.17) is 4.74 Å². The van der Waals surface area contributed by atoms with E-state index in [-0.39, 0.29) is 0 Å². The van der Waals surface area contributed by atoms with Gasteiger partial charge in [-0.25, -0.2) is 0 Å². The van der Waals surface area contributed by atoms with E-state index >= 15 is 0 Å². The van der Waals surface area contributed by atoms with Crippen LogP contribution in [0.1, 0.15) is 32.4 Å². The standard InChI is InChI=1S/C14H27N5O/c1-4-18(12(2)11-20-3)7-8-19-10-14(16-17-19)9-15-13-5-6-13/h10,12-13,15H,4-9,11H2,1-3H3. The van der Waals surface area contributed by atoms with Gasteiger partial charge >= 0.3 is 0 Å². The average Bonchev–Trinajstić information content (AvgIpc) is 3.16. The fourth-order valence-corrected chi connectivity index (χ4v) is 2.33. The quantitative estimate of drug-likeness (QED) is 0.690. The summed E-state index contributed by atoms with van der Waals surface area (Å²) in [6.07, 6.45) is 4.65. The lowest BCUT2D eigenvalue weighted by atomic mass is 10.3. The zero-order chi connectivity index (χ0) is 14.4. The Bertz CT molecular complexity index is 391. The summed E-state index contributed by atoms with van der Waals surface area (Å²) in [5.74, 6) is 0. The smallest absolute Gasteiger partial charge is 0.0964 e. The second-order valence-electron chi connectivity index (χ2n) is 5.56. The minimum absolute atomic E-state index is 0.435. The molecule has 1 heterocycles. The van der Waals surface area contributed by atoms with Crippen molar-refractivity contribution in [2.45, 2.75) is 51.9 Å². The van der Waals surface area contributed by atoms with E-state index in [9.17, 15) is 0 Å². The van der Waals surface area contributed by atoms with E-state index in [0.717, 1.165) is 38.5 Å². The fraction of sp³-hybridized carbons (Fsp3) is 0.857. The van der Waals surface area contributed by atoms with Gasteiger partial charge in [-0.15, -0.1) is 5.10 Å². The highest BCUT2D eigenvalue weighted by atomic mass is 16.5. The summed E-state index contributed by atoms with van der Waals surface area (Å²) in [7, 11) is 1.75. The van der Waals surface area contributed by atoms with Crippen LogP contribution in [0, 0.1) is 0 Å². The Morgan fingerprint density at radius 1 is 1.55 bits per heavy atom. The van der Waals surface area contributed by atoms with Gasteiger partial charge in [-0.05, 0) is 26.3 Å². The number of nitrogens with one attached hydrogen (secondary N) is 1. The summed E-state index contributed by atoms with van der Waals surface area (Å²) in [5, 5.41) is 11.9. The van der Waals surface area contributed by atoms with Gasteiger partial charge in [0.2, 0.25) is 0 Å². The molecule has 20 heavy (non-hydrogen) atoms. The molecule has 1 aromatic rings. The van der Waals surface area contributed by atoms with Crippen LogP contribution in [-0.4, -0.2) is 58.8 Å². The van der Waals surface area contributed by atoms with Crippen LogP contribution in [0.3, 0.4) is 0 Å². The molecule has 0 saturated heterocycles. The van der Waals surface area contributed by atoms with Crippen LogP contribution in [0.5, 0.6) is 0 Å². The van der Waals surface area contributed by atoms with Gasteiger partial charge in [-0.1, -0.05) is 12.1 Å². The zero-order valence-corrected chi connectivity index (χ0v) is 12.9. The van der Waals surface area contributed by atoms with Gasteiger partial charge in [-0.3, -0.25) is 9.58 Å². The van der Waals surface area contributed by atoms with Gasteiger partial charge in [0, 0.05) is 38.5 Å². The normalized spacial score (nSPS) is 16.8. The number of aromatic nitrogens is 3. The molecule has 0 spiro atoms. The number of rotatable bonds is 10. The van der Waals surface area contributed by atoms with Crippen LogP contribution in [0.4, 0.5) is 0 Å². The summed E-state index contributed by atoms with van der Waals surface area (Å²) in [4.78, 5) is 2.40. The Morgan fingerprint density at radius 3 is 3.00 bits per heavy atom. The number of hydrogen-bond acceptors (Lipinski definition) is 5. The van der Waals surface area contributed by atoms with Crippen LogP contribution in [0.25, 0.3) is 0 Å². The molecule has 1 atom stereocenters. The molecule has 1 fully saturated rings. The van der Waals surface area contributed by atoms with Crippen LogP contribution in [0.15, 0.2) is 6.20 Å². The van der Waals surface area contributed by atoms with E-state index in [0.29, 0.717) is 12.1 Å². The Labute approximate surface area is 121 Å². The van der Waals surface area contributed by atoms with Gasteiger partial charge < -0.3 is 10.1 Å². The Balaban J connectivity index is 1.74. The predicted octanol–water partition coefficient (Wildman–Crippen LogP) is 0.887. The average molecular weight is 281 g/mol. The molecule has 1 saturated carbocycles. The maximum atomic E-state index is 5.22. The van der Waals surface area contributed by atoms with Crippen molar-refractivity contribution in [2.75, 3.05) is 26.8 Å². The van der Waals surface area contributed by atoms with Crippen molar-refractivity contribution in [1.82, 2.24) is 25.2 Å². The van der Waals surface area contributed by atoms with E-state index in [1.165, 1.54) is 12.8 Å². The SMILES string of the molecule is CCN(CCn1cc(CNC2CC2)nn1)C(C)COC. The molecule has 1 N–H and O–H groups in total. The van der Waals surface area contributed by atoms with Crippen LogP contribution >= 0.6 is 0 Å². The highest BCUT2D eigenvalue weighted by Gasteiger charge is 2.20. The molecule has 0 radical (unpaired) electrons. The third kappa shape index (κ3) is 4.85. The molecule has 0 aromatic carbocycles. The van der Waals surface area contributed by atoms with E-state index in [1.54, 1.807) is 7.11 Å². The van der Waals surface area contributed by atoms with Crippen molar-refractivity contribution in [3.05, 3.63) is 11.9 Å². The molecule has 0 bridgehead atoms. The summed E-state index contributed by atoms with van der Waals surface area (Å²) in [6, 6.07) is 1.15. The lowest BCUT2D eigenvalue weighted by molar-refractivity contribution is 0.0994. The lowest BCUT2D eigenvalue weighted by Gasteiger charge is -2.26. The van der Waals surface area contributed by atoms with E-state index in [1.807, 2.05) is 10.9 Å². The number of ether oxygens (including phenoxy) is 1. The maximum Gasteiger partial charge on any atom is 0.0964 e. The molecule has 1 unspecified atom stereocenters. The van der Waals surface area contributed by atoms with Crippen LogP contribution in [-0.2, 0) is 17.8 Å². The van der Waals surface area contributed by atoms with Crippen molar-refractivity contribution in [3.8, 4) is 0 Å². The molecular formula is C14H27N5O. The van der Waals surface area contributed by atoms with Crippen LogP contribution in [0.2, 0.25) is 0 Å². The second kappa shape index (κ2) is 7.71. The van der Waals surface area contributed by atoms with Crippen molar-refractivity contribution < 1.29 is 4.74 Å². The third-order valence-electron chi connectivity index (χ3n) is 3.79.